The number of hydrogen-bond acceptors (Lipinski definition) is 3. The Morgan fingerprint density at radius 3 is 2.32 bits per heavy atom. The predicted molar refractivity (Wildman–Crippen MR) is 100.0 cm³/mol. The number of nitrogens with one attached hydrogen (secondary N) is 1. The zero-order chi connectivity index (χ0) is 19.9. The molecule has 7 heteroatoms. The Hall–Kier alpha value is -2.96. The minimum atomic E-state index is -0.530. The van der Waals surface area contributed by atoms with Gasteiger partial charge in [0.2, 0.25) is 5.91 Å². The van der Waals surface area contributed by atoms with E-state index in [1.165, 1.54) is 24.3 Å². The lowest BCUT2D eigenvalue weighted by atomic mass is 10.0. The van der Waals surface area contributed by atoms with Gasteiger partial charge >= 0.3 is 0 Å². The molecular formula is C21H22F2N2O3. The standard InChI is InChI=1S/C21H22F2N2O3/c22-17-6-2-1-5-16(17)21(27)25-12-9-15(10-13-25)24-20(26)11-14-28-19-8-4-3-7-18(19)23/h1-8,15H,9-14H2,(H,24,26). The first-order valence-electron chi connectivity index (χ1n) is 9.25. The van der Waals surface area contributed by atoms with Crippen LogP contribution in [0.25, 0.3) is 0 Å². The highest BCUT2D eigenvalue weighted by molar-refractivity contribution is 5.94. The van der Waals surface area contributed by atoms with Crippen LogP contribution in [0.5, 0.6) is 5.75 Å². The van der Waals surface area contributed by atoms with Gasteiger partial charge in [0.1, 0.15) is 5.82 Å². The van der Waals surface area contributed by atoms with Crippen molar-refractivity contribution in [2.45, 2.75) is 25.3 Å². The molecule has 0 aliphatic carbocycles. The molecule has 1 heterocycles. The van der Waals surface area contributed by atoms with Crippen molar-refractivity contribution in [3.63, 3.8) is 0 Å². The molecule has 1 fully saturated rings. The Kier molecular flexibility index (Phi) is 6.57. The molecule has 3 rings (SSSR count). The number of piperidine rings is 1. The van der Waals surface area contributed by atoms with Crippen molar-refractivity contribution in [2.24, 2.45) is 0 Å². The van der Waals surface area contributed by atoms with Gasteiger partial charge < -0.3 is 15.0 Å². The summed E-state index contributed by atoms with van der Waals surface area (Å²) in [6, 6.07) is 11.9. The van der Waals surface area contributed by atoms with Crippen molar-refractivity contribution < 1.29 is 23.1 Å². The van der Waals surface area contributed by atoms with Gasteiger partial charge in [-0.1, -0.05) is 24.3 Å². The molecule has 0 atom stereocenters. The van der Waals surface area contributed by atoms with E-state index >= 15 is 0 Å². The van der Waals surface area contributed by atoms with E-state index in [1.807, 2.05) is 0 Å². The molecule has 2 aromatic carbocycles. The Balaban J connectivity index is 1.40. The summed E-state index contributed by atoms with van der Waals surface area (Å²) in [6.45, 7) is 0.977. The third kappa shape index (κ3) is 5.06. The molecule has 1 saturated heterocycles. The highest BCUT2D eigenvalue weighted by Gasteiger charge is 2.25. The molecule has 1 N–H and O–H groups in total. The lowest BCUT2D eigenvalue weighted by Gasteiger charge is -2.32. The van der Waals surface area contributed by atoms with E-state index in [0.29, 0.717) is 25.9 Å². The second kappa shape index (κ2) is 9.30. The molecule has 0 spiro atoms. The molecule has 5 nitrogen and oxygen atoms in total. The van der Waals surface area contributed by atoms with Crippen LogP contribution in [0.3, 0.4) is 0 Å². The summed E-state index contributed by atoms with van der Waals surface area (Å²) in [6.07, 6.45) is 1.31. The Bertz CT molecular complexity index is 836. The minimum absolute atomic E-state index is 0.0503. The fourth-order valence-corrected chi connectivity index (χ4v) is 3.15. The van der Waals surface area contributed by atoms with Gasteiger partial charge in [0.15, 0.2) is 11.6 Å². The molecule has 0 saturated carbocycles. The van der Waals surface area contributed by atoms with Crippen LogP contribution in [0.4, 0.5) is 8.78 Å². The summed E-state index contributed by atoms with van der Waals surface area (Å²) in [5, 5.41) is 2.91. The van der Waals surface area contributed by atoms with Gasteiger partial charge in [-0.3, -0.25) is 9.59 Å². The largest absolute Gasteiger partial charge is 0.490 e. The smallest absolute Gasteiger partial charge is 0.256 e. The zero-order valence-electron chi connectivity index (χ0n) is 15.4. The van der Waals surface area contributed by atoms with Crippen LogP contribution < -0.4 is 10.1 Å². The number of hydrogen-bond donors (Lipinski definition) is 1. The fourth-order valence-electron chi connectivity index (χ4n) is 3.15. The summed E-state index contributed by atoms with van der Waals surface area (Å²) < 4.78 is 32.5. The first kappa shape index (κ1) is 19.8. The molecule has 1 aliphatic rings. The van der Waals surface area contributed by atoms with E-state index in [9.17, 15) is 18.4 Å². The predicted octanol–water partition coefficient (Wildman–Crippen LogP) is 3.15. The van der Waals surface area contributed by atoms with Gasteiger partial charge in [0.25, 0.3) is 5.91 Å². The van der Waals surface area contributed by atoms with Gasteiger partial charge in [0.05, 0.1) is 18.6 Å². The lowest BCUT2D eigenvalue weighted by molar-refractivity contribution is -0.122. The molecule has 0 bridgehead atoms. The number of ether oxygens (including phenoxy) is 1. The molecule has 0 radical (unpaired) electrons. The van der Waals surface area contributed by atoms with Crippen LogP contribution in [0.2, 0.25) is 0 Å². The summed E-state index contributed by atoms with van der Waals surface area (Å²) in [5.74, 6) is -1.39. The van der Waals surface area contributed by atoms with Gasteiger partial charge in [-0.25, -0.2) is 8.78 Å². The summed E-state index contributed by atoms with van der Waals surface area (Å²) in [7, 11) is 0. The van der Waals surface area contributed by atoms with E-state index < -0.39 is 11.6 Å². The third-order valence-corrected chi connectivity index (χ3v) is 4.67. The molecule has 2 aromatic rings. The van der Waals surface area contributed by atoms with Crippen molar-refractivity contribution >= 4 is 11.8 Å². The number of rotatable bonds is 6. The van der Waals surface area contributed by atoms with Crippen LogP contribution >= 0.6 is 0 Å². The average Bonchev–Trinajstić information content (AvgIpc) is 2.70. The van der Waals surface area contributed by atoms with E-state index in [2.05, 4.69) is 5.32 Å². The maximum atomic E-state index is 13.8. The normalized spacial score (nSPS) is 14.6. The maximum absolute atomic E-state index is 13.8. The third-order valence-electron chi connectivity index (χ3n) is 4.67. The molecule has 148 valence electrons. The van der Waals surface area contributed by atoms with Crippen molar-refractivity contribution in [1.29, 1.82) is 0 Å². The molecule has 2 amide bonds. The fraction of sp³-hybridized carbons (Fsp3) is 0.333. The van der Waals surface area contributed by atoms with Crippen LogP contribution in [0.1, 0.15) is 29.6 Å². The highest BCUT2D eigenvalue weighted by atomic mass is 19.1. The Labute approximate surface area is 162 Å². The summed E-state index contributed by atoms with van der Waals surface area (Å²) in [4.78, 5) is 26.1. The first-order valence-corrected chi connectivity index (χ1v) is 9.25. The lowest BCUT2D eigenvalue weighted by Crippen LogP contribution is -2.46. The summed E-state index contributed by atoms with van der Waals surface area (Å²) >= 11 is 0. The van der Waals surface area contributed by atoms with E-state index in [4.69, 9.17) is 4.74 Å². The topological polar surface area (TPSA) is 58.6 Å². The van der Waals surface area contributed by atoms with Crippen molar-refractivity contribution in [3.05, 3.63) is 65.7 Å². The Morgan fingerprint density at radius 1 is 1.00 bits per heavy atom. The van der Waals surface area contributed by atoms with Crippen molar-refractivity contribution in [3.8, 4) is 5.75 Å². The van der Waals surface area contributed by atoms with Crippen molar-refractivity contribution in [2.75, 3.05) is 19.7 Å². The number of nitrogens with zero attached hydrogens (tertiary/aromatic N) is 1. The maximum Gasteiger partial charge on any atom is 0.256 e. The second-order valence-electron chi connectivity index (χ2n) is 6.64. The number of para-hydroxylation sites is 1. The molecule has 0 aromatic heterocycles. The SMILES string of the molecule is O=C(CCOc1ccccc1F)NC1CCN(C(=O)c2ccccc2F)CC1. The minimum Gasteiger partial charge on any atom is -0.490 e. The van der Waals surface area contributed by atoms with Gasteiger partial charge in [-0.2, -0.15) is 0 Å². The number of carbonyl (C=O) groups excluding carboxylic acids is 2. The van der Waals surface area contributed by atoms with E-state index in [-0.39, 0.29) is 42.2 Å². The van der Waals surface area contributed by atoms with Gasteiger partial charge in [-0.05, 0) is 37.1 Å². The Morgan fingerprint density at radius 2 is 1.64 bits per heavy atom. The van der Waals surface area contributed by atoms with Crippen LogP contribution in [0.15, 0.2) is 48.5 Å². The average molecular weight is 388 g/mol. The number of carbonyl (C=O) groups is 2. The number of amides is 2. The highest BCUT2D eigenvalue weighted by Crippen LogP contribution is 2.17. The number of halogens is 2. The van der Waals surface area contributed by atoms with E-state index in [0.717, 1.165) is 0 Å². The quantitative estimate of drug-likeness (QED) is 0.827. The number of benzene rings is 2. The van der Waals surface area contributed by atoms with E-state index in [1.54, 1.807) is 29.2 Å². The number of likely N-dealkylation sites (tertiary alicyclic amines) is 1. The van der Waals surface area contributed by atoms with Gasteiger partial charge in [0, 0.05) is 19.1 Å². The van der Waals surface area contributed by atoms with Crippen LogP contribution in [-0.2, 0) is 4.79 Å². The first-order chi connectivity index (χ1) is 13.5. The monoisotopic (exact) mass is 388 g/mol. The molecule has 1 aliphatic heterocycles. The molecule has 28 heavy (non-hydrogen) atoms. The van der Waals surface area contributed by atoms with Crippen molar-refractivity contribution in [1.82, 2.24) is 10.2 Å². The van der Waals surface area contributed by atoms with Crippen LogP contribution in [-0.4, -0.2) is 42.5 Å². The molecule has 0 unspecified atom stereocenters. The zero-order valence-corrected chi connectivity index (χ0v) is 15.4. The van der Waals surface area contributed by atoms with Crippen LogP contribution in [0, 0.1) is 11.6 Å². The second-order valence-corrected chi connectivity index (χ2v) is 6.64. The summed E-state index contributed by atoms with van der Waals surface area (Å²) in [5.41, 5.74) is 0.0651. The molecular weight excluding hydrogens is 366 g/mol. The van der Waals surface area contributed by atoms with Gasteiger partial charge in [-0.15, -0.1) is 0 Å².